The van der Waals surface area contributed by atoms with Crippen LogP contribution in [0.5, 0.6) is 0 Å². The van der Waals surface area contributed by atoms with Crippen molar-refractivity contribution < 1.29 is 19.0 Å². The summed E-state index contributed by atoms with van der Waals surface area (Å²) in [5.41, 5.74) is 3.24. The van der Waals surface area contributed by atoms with Gasteiger partial charge in [-0.1, -0.05) is 47.3 Å². The van der Waals surface area contributed by atoms with E-state index in [0.717, 1.165) is 0 Å². The van der Waals surface area contributed by atoms with Gasteiger partial charge in [0, 0.05) is 5.20 Å². The lowest BCUT2D eigenvalue weighted by atomic mass is 10.3. The number of ether oxygens (including phenoxy) is 1. The summed E-state index contributed by atoms with van der Waals surface area (Å²) < 4.78 is 17.4. The molecule has 0 aliphatic rings. The van der Waals surface area contributed by atoms with Crippen molar-refractivity contribution in [3.63, 3.8) is 0 Å². The maximum atomic E-state index is 12.8. The van der Waals surface area contributed by atoms with Crippen LogP contribution in [0.15, 0.2) is 17.3 Å². The van der Waals surface area contributed by atoms with Gasteiger partial charge in [-0.05, 0) is 16.6 Å². The van der Waals surface area contributed by atoms with Crippen LogP contribution in [-0.4, -0.2) is 32.4 Å². The molecule has 0 aromatic carbocycles. The fraction of sp³-hybridized carbons (Fsp3) is 0.733. The van der Waals surface area contributed by atoms with Crippen molar-refractivity contribution in [2.75, 3.05) is 7.11 Å². The first-order chi connectivity index (χ1) is 9.17. The molecule has 0 heterocycles. The van der Waals surface area contributed by atoms with Crippen LogP contribution < -0.4 is 0 Å². The van der Waals surface area contributed by atoms with Crippen molar-refractivity contribution in [1.82, 2.24) is 0 Å². The van der Waals surface area contributed by atoms with Crippen molar-refractivity contribution in [3.05, 3.63) is 17.3 Å². The van der Waals surface area contributed by atoms with E-state index in [2.05, 4.69) is 52.0 Å². The Kier molecular flexibility index (Phi) is 7.42. The maximum Gasteiger partial charge on any atom is 0.339 e. The Morgan fingerprint density at radius 2 is 1.55 bits per heavy atom. The second-order valence-corrected chi connectivity index (χ2v) is 11.9. The SMILES string of the molecule is COC(=O)C(O)C(=C=CF)[Si](C(C)C)(C(C)C)C(C)C. The lowest BCUT2D eigenvalue weighted by Gasteiger charge is -2.44. The van der Waals surface area contributed by atoms with Crippen molar-refractivity contribution in [1.29, 1.82) is 0 Å². The zero-order valence-electron chi connectivity index (χ0n) is 13.5. The molecule has 1 unspecified atom stereocenters. The molecular weight excluding hydrogens is 275 g/mol. The van der Waals surface area contributed by atoms with Gasteiger partial charge < -0.3 is 9.84 Å². The smallest absolute Gasteiger partial charge is 0.339 e. The van der Waals surface area contributed by atoms with E-state index in [1.54, 1.807) is 0 Å². The second kappa shape index (κ2) is 7.77. The molecule has 0 radical (unpaired) electrons. The van der Waals surface area contributed by atoms with Gasteiger partial charge in [0.1, 0.15) is 14.4 Å². The van der Waals surface area contributed by atoms with E-state index in [0.29, 0.717) is 5.20 Å². The number of halogens is 1. The number of methoxy groups -OCH3 is 1. The predicted molar refractivity (Wildman–Crippen MR) is 81.8 cm³/mol. The third-order valence-electron chi connectivity index (χ3n) is 4.24. The van der Waals surface area contributed by atoms with Gasteiger partial charge in [0.15, 0.2) is 6.10 Å². The Balaban J connectivity index is 6.22. The fourth-order valence-corrected chi connectivity index (χ4v) is 10.4. The molecule has 0 saturated heterocycles. The summed E-state index contributed by atoms with van der Waals surface area (Å²) in [4.78, 5) is 11.7. The number of carbonyl (C=O) groups excluding carboxylic acids is 1. The molecule has 3 nitrogen and oxygen atoms in total. The van der Waals surface area contributed by atoms with Crippen LogP contribution in [0.2, 0.25) is 16.6 Å². The van der Waals surface area contributed by atoms with Crippen molar-refractivity contribution >= 4 is 14.0 Å². The first-order valence-corrected chi connectivity index (χ1v) is 9.22. The van der Waals surface area contributed by atoms with Gasteiger partial charge in [0.05, 0.1) is 7.11 Å². The highest BCUT2D eigenvalue weighted by molar-refractivity contribution is 6.90. The highest BCUT2D eigenvalue weighted by Gasteiger charge is 2.49. The zero-order chi connectivity index (χ0) is 16.1. The van der Waals surface area contributed by atoms with Gasteiger partial charge in [-0.25, -0.2) is 9.18 Å². The first kappa shape index (κ1) is 19.1. The largest absolute Gasteiger partial charge is 0.467 e. The average molecular weight is 302 g/mol. The molecule has 1 N–H and O–H groups in total. The molecular formula is C15H27FO3Si. The quantitative estimate of drug-likeness (QED) is 0.462. The van der Waals surface area contributed by atoms with Gasteiger partial charge in [0.2, 0.25) is 0 Å². The summed E-state index contributed by atoms with van der Waals surface area (Å²) in [5.74, 6) is -0.756. The number of aliphatic hydroxyl groups is 1. The van der Waals surface area contributed by atoms with E-state index in [4.69, 9.17) is 0 Å². The Bertz CT molecular complexity index is 374. The minimum absolute atomic E-state index is 0.240. The highest BCUT2D eigenvalue weighted by atomic mass is 28.3. The van der Waals surface area contributed by atoms with Gasteiger partial charge in [-0.2, -0.15) is 0 Å². The maximum absolute atomic E-state index is 12.8. The molecule has 0 bridgehead atoms. The van der Waals surface area contributed by atoms with Gasteiger partial charge in [0.25, 0.3) is 0 Å². The number of esters is 1. The fourth-order valence-electron chi connectivity index (χ4n) is 3.66. The van der Waals surface area contributed by atoms with E-state index in [9.17, 15) is 14.3 Å². The average Bonchev–Trinajstić information content (AvgIpc) is 2.35. The van der Waals surface area contributed by atoms with Crippen molar-refractivity contribution in [3.8, 4) is 0 Å². The molecule has 0 rings (SSSR count). The molecule has 1 atom stereocenters. The van der Waals surface area contributed by atoms with Crippen LogP contribution in [0.1, 0.15) is 41.5 Å². The Morgan fingerprint density at radius 3 is 1.80 bits per heavy atom. The zero-order valence-corrected chi connectivity index (χ0v) is 14.5. The van der Waals surface area contributed by atoms with Crippen LogP contribution in [-0.2, 0) is 9.53 Å². The van der Waals surface area contributed by atoms with E-state index < -0.39 is 20.1 Å². The summed E-state index contributed by atoms with van der Waals surface area (Å²) >= 11 is 0. The summed E-state index contributed by atoms with van der Waals surface area (Å²) in [6, 6.07) is 0. The Hall–Kier alpha value is -0.903. The lowest BCUT2D eigenvalue weighted by molar-refractivity contribution is -0.148. The highest BCUT2D eigenvalue weighted by Crippen LogP contribution is 2.47. The van der Waals surface area contributed by atoms with Crippen molar-refractivity contribution in [2.24, 2.45) is 0 Å². The van der Waals surface area contributed by atoms with Crippen LogP contribution in [0.3, 0.4) is 0 Å². The minimum Gasteiger partial charge on any atom is -0.467 e. The van der Waals surface area contributed by atoms with Crippen molar-refractivity contribution in [2.45, 2.75) is 64.3 Å². The molecule has 5 heteroatoms. The topological polar surface area (TPSA) is 46.5 Å². The predicted octanol–water partition coefficient (Wildman–Crippen LogP) is 3.75. The molecule has 0 aromatic heterocycles. The summed E-state index contributed by atoms with van der Waals surface area (Å²) in [6.45, 7) is 12.4. The van der Waals surface area contributed by atoms with Crippen LogP contribution >= 0.6 is 0 Å². The summed E-state index contributed by atoms with van der Waals surface area (Å²) in [7, 11) is -1.12. The first-order valence-electron chi connectivity index (χ1n) is 6.99. The van der Waals surface area contributed by atoms with Gasteiger partial charge in [-0.3, -0.25) is 0 Å². The Labute approximate surface area is 122 Å². The van der Waals surface area contributed by atoms with Crippen LogP contribution in [0, 0.1) is 0 Å². The van der Waals surface area contributed by atoms with Gasteiger partial charge >= 0.3 is 5.97 Å². The van der Waals surface area contributed by atoms with E-state index in [1.165, 1.54) is 7.11 Å². The number of rotatable bonds is 6. The number of carbonyl (C=O) groups is 1. The molecule has 0 spiro atoms. The molecule has 0 saturated carbocycles. The molecule has 0 fully saturated rings. The normalized spacial score (nSPS) is 13.4. The minimum atomic E-state index is -2.34. The number of hydrogen-bond acceptors (Lipinski definition) is 3. The molecule has 0 aliphatic carbocycles. The standard InChI is InChI=1S/C15H27FO3Si/c1-10(2)20(11(3)4,12(5)6)13(8-9-16)14(17)15(18)19-7/h9-12,14,17H,1-7H3. The lowest BCUT2D eigenvalue weighted by Crippen LogP contribution is -2.51. The molecule has 0 amide bonds. The summed E-state index contributed by atoms with van der Waals surface area (Å²) in [6.07, 6.45) is -1.15. The van der Waals surface area contributed by atoms with Crippen LogP contribution in [0.4, 0.5) is 4.39 Å². The number of hydrogen-bond donors (Lipinski definition) is 1. The molecule has 20 heavy (non-hydrogen) atoms. The Morgan fingerprint density at radius 1 is 1.15 bits per heavy atom. The second-order valence-electron chi connectivity index (χ2n) is 5.99. The van der Waals surface area contributed by atoms with Crippen LogP contribution in [0.25, 0.3) is 0 Å². The van der Waals surface area contributed by atoms with E-state index in [-0.39, 0.29) is 23.0 Å². The third-order valence-corrected chi connectivity index (χ3v) is 11.3. The molecule has 0 aromatic rings. The summed E-state index contributed by atoms with van der Waals surface area (Å²) in [5, 5.41) is 10.7. The molecule has 0 aliphatic heterocycles. The molecule has 116 valence electrons. The number of aliphatic hydroxyl groups excluding tert-OH is 1. The third kappa shape index (κ3) is 3.40. The monoisotopic (exact) mass is 302 g/mol. The van der Waals surface area contributed by atoms with Gasteiger partial charge in [-0.15, -0.1) is 0 Å². The van der Waals surface area contributed by atoms with E-state index >= 15 is 0 Å². The van der Waals surface area contributed by atoms with E-state index in [1.807, 2.05) is 0 Å².